The predicted molar refractivity (Wildman–Crippen MR) is 88.3 cm³/mol. The fourth-order valence-electron chi connectivity index (χ4n) is 2.09. The number of nitrogens with one attached hydrogen (secondary N) is 1. The molecule has 0 heterocycles. The van der Waals surface area contributed by atoms with E-state index in [2.05, 4.69) is 37.2 Å². The highest BCUT2D eigenvalue weighted by Crippen LogP contribution is 2.24. The third kappa shape index (κ3) is 6.36. The smallest absolute Gasteiger partial charge is 0.127 e. The molecular formula is C17H30N2O2. The number of hydrogen-bond acceptors (Lipinski definition) is 4. The van der Waals surface area contributed by atoms with E-state index in [0.29, 0.717) is 6.04 Å². The van der Waals surface area contributed by atoms with Crippen molar-refractivity contribution in [3.05, 3.63) is 23.8 Å². The van der Waals surface area contributed by atoms with Crippen LogP contribution in [0.5, 0.6) is 11.5 Å². The SMILES string of the molecule is COc1ccc(CNCCCCN(C)C(C)C)c(OC)c1. The van der Waals surface area contributed by atoms with E-state index in [1.54, 1.807) is 14.2 Å². The van der Waals surface area contributed by atoms with Crippen LogP contribution >= 0.6 is 0 Å². The van der Waals surface area contributed by atoms with Crippen LogP contribution in [0.3, 0.4) is 0 Å². The minimum atomic E-state index is 0.626. The van der Waals surface area contributed by atoms with Crippen LogP contribution in [0.1, 0.15) is 32.3 Å². The van der Waals surface area contributed by atoms with Crippen molar-refractivity contribution in [2.24, 2.45) is 0 Å². The summed E-state index contributed by atoms with van der Waals surface area (Å²) in [4.78, 5) is 2.38. The molecule has 0 aliphatic heterocycles. The molecule has 1 aromatic carbocycles. The van der Waals surface area contributed by atoms with Crippen molar-refractivity contribution in [2.75, 3.05) is 34.4 Å². The number of benzene rings is 1. The quantitative estimate of drug-likeness (QED) is 0.673. The molecule has 0 aromatic heterocycles. The van der Waals surface area contributed by atoms with Gasteiger partial charge >= 0.3 is 0 Å². The molecule has 0 bridgehead atoms. The van der Waals surface area contributed by atoms with E-state index >= 15 is 0 Å². The highest BCUT2D eigenvalue weighted by Gasteiger charge is 2.05. The van der Waals surface area contributed by atoms with E-state index in [-0.39, 0.29) is 0 Å². The predicted octanol–water partition coefficient (Wildman–Crippen LogP) is 2.91. The van der Waals surface area contributed by atoms with Gasteiger partial charge in [0.05, 0.1) is 14.2 Å². The van der Waals surface area contributed by atoms with Gasteiger partial charge in [-0.25, -0.2) is 0 Å². The van der Waals surface area contributed by atoms with Gasteiger partial charge in [0.2, 0.25) is 0 Å². The third-order valence-electron chi connectivity index (χ3n) is 3.81. The fourth-order valence-corrected chi connectivity index (χ4v) is 2.09. The van der Waals surface area contributed by atoms with Gasteiger partial charge in [0.15, 0.2) is 0 Å². The molecule has 1 N–H and O–H groups in total. The summed E-state index contributed by atoms with van der Waals surface area (Å²) in [6, 6.07) is 6.57. The largest absolute Gasteiger partial charge is 0.497 e. The van der Waals surface area contributed by atoms with Crippen molar-refractivity contribution < 1.29 is 9.47 Å². The average Bonchev–Trinajstić information content (AvgIpc) is 2.50. The molecular weight excluding hydrogens is 264 g/mol. The summed E-state index contributed by atoms with van der Waals surface area (Å²) < 4.78 is 10.6. The second-order valence-corrected chi connectivity index (χ2v) is 5.64. The standard InChI is InChI=1S/C17H30N2O2/c1-14(2)19(3)11-7-6-10-18-13-15-8-9-16(20-4)12-17(15)21-5/h8-9,12,14,18H,6-7,10-11,13H2,1-5H3. The van der Waals surface area contributed by atoms with Crippen LogP contribution < -0.4 is 14.8 Å². The number of hydrogen-bond donors (Lipinski definition) is 1. The highest BCUT2D eigenvalue weighted by atomic mass is 16.5. The number of methoxy groups -OCH3 is 2. The molecule has 21 heavy (non-hydrogen) atoms. The van der Waals surface area contributed by atoms with Crippen LogP contribution in [0.15, 0.2) is 18.2 Å². The Kier molecular flexibility index (Phi) is 8.16. The molecule has 0 aliphatic rings. The zero-order valence-corrected chi connectivity index (χ0v) is 14.1. The first kappa shape index (κ1) is 17.8. The molecule has 1 aromatic rings. The van der Waals surface area contributed by atoms with Crippen LogP contribution in [-0.2, 0) is 6.54 Å². The summed E-state index contributed by atoms with van der Waals surface area (Å²) in [6.45, 7) is 7.47. The Morgan fingerprint density at radius 1 is 1.14 bits per heavy atom. The molecule has 1 rings (SSSR count). The Morgan fingerprint density at radius 3 is 2.52 bits per heavy atom. The van der Waals surface area contributed by atoms with Crippen molar-refractivity contribution in [3.63, 3.8) is 0 Å². The maximum atomic E-state index is 5.40. The first-order valence-corrected chi connectivity index (χ1v) is 7.70. The van der Waals surface area contributed by atoms with Crippen molar-refractivity contribution in [3.8, 4) is 11.5 Å². The Hall–Kier alpha value is -1.26. The van der Waals surface area contributed by atoms with E-state index in [9.17, 15) is 0 Å². The molecule has 120 valence electrons. The molecule has 0 amide bonds. The molecule has 4 nitrogen and oxygen atoms in total. The van der Waals surface area contributed by atoms with E-state index in [1.165, 1.54) is 12.8 Å². The van der Waals surface area contributed by atoms with Crippen molar-refractivity contribution >= 4 is 0 Å². The molecule has 4 heteroatoms. The van der Waals surface area contributed by atoms with Gasteiger partial charge < -0.3 is 19.7 Å². The van der Waals surface area contributed by atoms with Gasteiger partial charge in [-0.3, -0.25) is 0 Å². The second kappa shape index (κ2) is 9.64. The van der Waals surface area contributed by atoms with Crippen LogP contribution in [0, 0.1) is 0 Å². The zero-order valence-electron chi connectivity index (χ0n) is 14.1. The maximum absolute atomic E-state index is 5.40. The summed E-state index contributed by atoms with van der Waals surface area (Å²) in [5.74, 6) is 1.70. The Morgan fingerprint density at radius 2 is 1.90 bits per heavy atom. The molecule has 0 spiro atoms. The zero-order chi connectivity index (χ0) is 15.7. The van der Waals surface area contributed by atoms with Crippen LogP contribution in [0.4, 0.5) is 0 Å². The van der Waals surface area contributed by atoms with Gasteiger partial charge in [0.1, 0.15) is 11.5 Å². The molecule has 0 fully saturated rings. The Balaban J connectivity index is 2.26. The minimum absolute atomic E-state index is 0.626. The van der Waals surface area contributed by atoms with Gasteiger partial charge in [-0.05, 0) is 52.9 Å². The summed E-state index contributed by atoms with van der Waals surface area (Å²) in [5, 5.41) is 3.48. The summed E-state index contributed by atoms with van der Waals surface area (Å²) in [7, 11) is 5.54. The summed E-state index contributed by atoms with van der Waals surface area (Å²) >= 11 is 0. The molecule has 0 saturated heterocycles. The maximum Gasteiger partial charge on any atom is 0.127 e. The van der Waals surface area contributed by atoms with Crippen LogP contribution in [0.2, 0.25) is 0 Å². The first-order chi connectivity index (χ1) is 10.1. The van der Waals surface area contributed by atoms with Gasteiger partial charge in [-0.1, -0.05) is 6.07 Å². The molecule has 0 radical (unpaired) electrons. The van der Waals surface area contributed by atoms with Crippen molar-refractivity contribution in [1.29, 1.82) is 0 Å². The number of nitrogens with zero attached hydrogens (tertiary/aromatic N) is 1. The lowest BCUT2D eigenvalue weighted by molar-refractivity contribution is 0.268. The first-order valence-electron chi connectivity index (χ1n) is 7.70. The average molecular weight is 294 g/mol. The summed E-state index contributed by atoms with van der Waals surface area (Å²) in [5.41, 5.74) is 1.16. The molecule has 0 saturated carbocycles. The lowest BCUT2D eigenvalue weighted by Crippen LogP contribution is -2.27. The number of unbranched alkanes of at least 4 members (excludes halogenated alkanes) is 1. The Labute approximate surface area is 129 Å². The minimum Gasteiger partial charge on any atom is -0.497 e. The fraction of sp³-hybridized carbons (Fsp3) is 0.647. The van der Waals surface area contributed by atoms with Gasteiger partial charge in [-0.15, -0.1) is 0 Å². The van der Waals surface area contributed by atoms with E-state index in [1.807, 2.05) is 12.1 Å². The number of ether oxygens (including phenoxy) is 2. The lowest BCUT2D eigenvalue weighted by Gasteiger charge is -2.20. The van der Waals surface area contributed by atoms with E-state index in [4.69, 9.17) is 9.47 Å². The second-order valence-electron chi connectivity index (χ2n) is 5.64. The van der Waals surface area contributed by atoms with Crippen molar-refractivity contribution in [2.45, 2.75) is 39.3 Å². The molecule has 0 unspecified atom stereocenters. The van der Waals surface area contributed by atoms with Crippen LogP contribution in [-0.4, -0.2) is 45.3 Å². The lowest BCUT2D eigenvalue weighted by atomic mass is 10.2. The normalized spacial score (nSPS) is 11.2. The topological polar surface area (TPSA) is 33.7 Å². The third-order valence-corrected chi connectivity index (χ3v) is 3.81. The highest BCUT2D eigenvalue weighted by molar-refractivity contribution is 5.40. The monoisotopic (exact) mass is 294 g/mol. The van der Waals surface area contributed by atoms with Crippen LogP contribution in [0.25, 0.3) is 0 Å². The molecule has 0 atom stereocenters. The summed E-state index contributed by atoms with van der Waals surface area (Å²) in [6.07, 6.45) is 2.41. The van der Waals surface area contributed by atoms with Crippen molar-refractivity contribution in [1.82, 2.24) is 10.2 Å². The van der Waals surface area contributed by atoms with Gasteiger partial charge in [0, 0.05) is 24.2 Å². The van der Waals surface area contributed by atoms with E-state index < -0.39 is 0 Å². The van der Waals surface area contributed by atoms with Gasteiger partial charge in [0.25, 0.3) is 0 Å². The Bertz CT molecular complexity index is 408. The number of rotatable bonds is 10. The molecule has 0 aliphatic carbocycles. The van der Waals surface area contributed by atoms with E-state index in [0.717, 1.165) is 36.7 Å². The van der Waals surface area contributed by atoms with Gasteiger partial charge in [-0.2, -0.15) is 0 Å².